The highest BCUT2D eigenvalue weighted by molar-refractivity contribution is 5.92. The minimum Gasteiger partial charge on any atom is -0.497 e. The summed E-state index contributed by atoms with van der Waals surface area (Å²) in [4.78, 5) is 19.5. The van der Waals surface area contributed by atoms with E-state index in [-0.39, 0.29) is 17.9 Å². The molecule has 1 aromatic heterocycles. The van der Waals surface area contributed by atoms with Crippen LogP contribution in [0.15, 0.2) is 79.0 Å². The summed E-state index contributed by atoms with van der Waals surface area (Å²) in [5, 5.41) is 7.51. The van der Waals surface area contributed by atoms with E-state index in [1.54, 1.807) is 43.5 Å². The summed E-state index contributed by atoms with van der Waals surface area (Å²) in [6, 6.07) is 21.2. The Labute approximate surface area is 222 Å². The molecule has 0 bridgehead atoms. The van der Waals surface area contributed by atoms with Crippen LogP contribution in [0.2, 0.25) is 0 Å². The molecule has 8 heteroatoms. The predicted molar refractivity (Wildman–Crippen MR) is 149 cm³/mol. The lowest BCUT2D eigenvalue weighted by Crippen LogP contribution is -2.35. The number of nitrogens with zero attached hydrogens (tertiary/aromatic N) is 2. The molecule has 0 radical (unpaired) electrons. The molecule has 4 rings (SSSR count). The normalized spacial score (nSPS) is 11.6. The van der Waals surface area contributed by atoms with E-state index in [0.717, 1.165) is 40.7 Å². The van der Waals surface area contributed by atoms with E-state index < -0.39 is 0 Å². The summed E-state index contributed by atoms with van der Waals surface area (Å²) in [5.74, 6) is 1.12. The van der Waals surface area contributed by atoms with Crippen molar-refractivity contribution in [2.45, 2.75) is 32.4 Å². The summed E-state index contributed by atoms with van der Waals surface area (Å²) in [7, 11) is 3.23. The third-order valence-corrected chi connectivity index (χ3v) is 6.28. The molecule has 3 aromatic carbocycles. The molecular formula is C30H33FN4O3. The molecule has 0 saturated carbocycles. The van der Waals surface area contributed by atoms with Crippen LogP contribution in [0.4, 0.5) is 20.6 Å². The Bertz CT molecular complexity index is 1360. The van der Waals surface area contributed by atoms with E-state index in [1.165, 1.54) is 12.1 Å². The molecule has 1 unspecified atom stereocenters. The Kier molecular flexibility index (Phi) is 8.98. The molecule has 2 N–H and O–H groups in total. The number of carbonyl (C=O) groups excluding carboxylic acids is 1. The zero-order valence-electron chi connectivity index (χ0n) is 21.9. The van der Waals surface area contributed by atoms with Gasteiger partial charge in [0.2, 0.25) is 0 Å². The number of amides is 2. The van der Waals surface area contributed by atoms with Crippen molar-refractivity contribution < 1.29 is 18.7 Å². The van der Waals surface area contributed by atoms with Crippen molar-refractivity contribution in [2.24, 2.45) is 0 Å². The lowest BCUT2D eigenvalue weighted by atomic mass is 10.1. The molecule has 0 spiro atoms. The van der Waals surface area contributed by atoms with Gasteiger partial charge >= 0.3 is 6.03 Å². The smallest absolute Gasteiger partial charge is 0.322 e. The maximum atomic E-state index is 13.4. The van der Waals surface area contributed by atoms with Crippen molar-refractivity contribution in [1.82, 2.24) is 9.88 Å². The number of hydrogen-bond acceptors (Lipinski definition) is 5. The lowest BCUT2D eigenvalue weighted by Gasteiger charge is -2.25. The molecule has 0 aliphatic heterocycles. The summed E-state index contributed by atoms with van der Waals surface area (Å²) >= 11 is 0. The fraction of sp³-hybridized carbons (Fsp3) is 0.267. The van der Waals surface area contributed by atoms with Gasteiger partial charge in [-0.25, -0.2) is 9.18 Å². The maximum absolute atomic E-state index is 13.4. The van der Waals surface area contributed by atoms with Crippen LogP contribution in [0.5, 0.6) is 11.5 Å². The number of ether oxygens (including phenoxy) is 2. The van der Waals surface area contributed by atoms with Crippen LogP contribution in [0.1, 0.15) is 25.3 Å². The number of anilines is 2. The molecular weight excluding hydrogens is 483 g/mol. The summed E-state index contributed by atoms with van der Waals surface area (Å²) in [5.41, 5.74) is 3.29. The van der Waals surface area contributed by atoms with Crippen molar-refractivity contribution in [2.75, 3.05) is 31.4 Å². The molecule has 0 aliphatic carbocycles. The highest BCUT2D eigenvalue weighted by Gasteiger charge is 2.16. The highest BCUT2D eigenvalue weighted by Crippen LogP contribution is 2.28. The second-order valence-electron chi connectivity index (χ2n) is 9.15. The van der Waals surface area contributed by atoms with E-state index in [4.69, 9.17) is 9.47 Å². The van der Waals surface area contributed by atoms with Gasteiger partial charge in [0.15, 0.2) is 0 Å². The van der Waals surface area contributed by atoms with Crippen molar-refractivity contribution in [3.63, 3.8) is 0 Å². The van der Waals surface area contributed by atoms with E-state index in [2.05, 4.69) is 22.5 Å². The second-order valence-corrected chi connectivity index (χ2v) is 9.15. The van der Waals surface area contributed by atoms with Crippen LogP contribution >= 0.6 is 0 Å². The molecule has 38 heavy (non-hydrogen) atoms. The first-order valence-electron chi connectivity index (χ1n) is 12.6. The first-order valence-corrected chi connectivity index (χ1v) is 12.6. The van der Waals surface area contributed by atoms with Crippen LogP contribution in [-0.2, 0) is 6.54 Å². The predicted octanol–water partition coefficient (Wildman–Crippen LogP) is 6.71. The Balaban J connectivity index is 1.42. The fourth-order valence-electron chi connectivity index (χ4n) is 4.28. The van der Waals surface area contributed by atoms with E-state index in [9.17, 15) is 9.18 Å². The molecule has 1 heterocycles. The van der Waals surface area contributed by atoms with Crippen molar-refractivity contribution in [3.05, 3.63) is 90.4 Å². The lowest BCUT2D eigenvalue weighted by molar-refractivity contribution is 0.207. The Morgan fingerprint density at radius 1 is 1.00 bits per heavy atom. The minimum absolute atomic E-state index is 0.126. The molecule has 198 valence electrons. The molecule has 0 saturated heterocycles. The number of methoxy groups -OCH3 is 2. The number of rotatable bonds is 11. The van der Waals surface area contributed by atoms with Gasteiger partial charge < -0.3 is 25.0 Å². The van der Waals surface area contributed by atoms with Gasteiger partial charge in [0.1, 0.15) is 17.3 Å². The Hall–Kier alpha value is -4.33. The van der Waals surface area contributed by atoms with E-state index >= 15 is 0 Å². The molecule has 0 aliphatic rings. The summed E-state index contributed by atoms with van der Waals surface area (Å²) in [6.07, 6.45) is 3.35. The molecule has 0 fully saturated rings. The first kappa shape index (κ1) is 26.7. The molecule has 7 nitrogen and oxygen atoms in total. The van der Waals surface area contributed by atoms with Gasteiger partial charge in [-0.15, -0.1) is 0 Å². The number of urea groups is 1. The SMILES string of the molecule is COc1cccc(NC(=O)N(CCCC(C)Nc2cc(OC)cc3cccnc23)Cc2ccc(F)cc2)c1. The van der Waals surface area contributed by atoms with Crippen LogP contribution in [0.25, 0.3) is 10.9 Å². The summed E-state index contributed by atoms with van der Waals surface area (Å²) < 4.78 is 24.2. The standard InChI is InChI=1S/C30H33FN4O3/c1-21(33-28-19-27(38-3)17-23-8-5-15-32-29(23)28)7-6-16-35(20-22-11-13-24(31)14-12-22)30(36)34-25-9-4-10-26(18-25)37-2/h4-5,8-15,17-19,21,33H,6-7,16,20H2,1-3H3,(H,34,36). The largest absolute Gasteiger partial charge is 0.497 e. The fourth-order valence-corrected chi connectivity index (χ4v) is 4.28. The zero-order chi connectivity index (χ0) is 26.9. The van der Waals surface area contributed by atoms with Gasteiger partial charge in [0.05, 0.1) is 25.4 Å². The molecule has 1 atom stereocenters. The quantitative estimate of drug-likeness (QED) is 0.232. The number of halogens is 1. The third kappa shape index (κ3) is 7.12. The van der Waals surface area contributed by atoms with Crippen molar-refractivity contribution in [1.29, 1.82) is 0 Å². The van der Waals surface area contributed by atoms with E-state index in [0.29, 0.717) is 24.5 Å². The zero-order valence-corrected chi connectivity index (χ0v) is 21.9. The van der Waals surface area contributed by atoms with Crippen LogP contribution < -0.4 is 20.1 Å². The minimum atomic E-state index is -0.305. The van der Waals surface area contributed by atoms with E-state index in [1.807, 2.05) is 42.5 Å². The topological polar surface area (TPSA) is 75.7 Å². The second kappa shape index (κ2) is 12.8. The first-order chi connectivity index (χ1) is 18.4. The van der Waals surface area contributed by atoms with Gasteiger partial charge in [0.25, 0.3) is 0 Å². The number of nitrogens with one attached hydrogen (secondary N) is 2. The van der Waals surface area contributed by atoms with Crippen molar-refractivity contribution >= 4 is 28.3 Å². The Morgan fingerprint density at radius 2 is 1.79 bits per heavy atom. The number of benzene rings is 3. The third-order valence-electron chi connectivity index (χ3n) is 6.28. The molecule has 4 aromatic rings. The van der Waals surface area contributed by atoms with Crippen LogP contribution in [0, 0.1) is 5.82 Å². The monoisotopic (exact) mass is 516 g/mol. The van der Waals surface area contributed by atoms with Gasteiger partial charge in [0, 0.05) is 48.5 Å². The number of carbonyl (C=O) groups is 1. The van der Waals surface area contributed by atoms with Crippen molar-refractivity contribution in [3.8, 4) is 11.5 Å². The number of hydrogen-bond donors (Lipinski definition) is 2. The number of aromatic nitrogens is 1. The van der Waals surface area contributed by atoms with Gasteiger partial charge in [-0.1, -0.05) is 24.3 Å². The Morgan fingerprint density at radius 3 is 2.55 bits per heavy atom. The molecule has 2 amide bonds. The van der Waals surface area contributed by atoms with Crippen LogP contribution in [0.3, 0.4) is 0 Å². The average molecular weight is 517 g/mol. The highest BCUT2D eigenvalue weighted by atomic mass is 19.1. The van der Waals surface area contributed by atoms with Gasteiger partial charge in [-0.3, -0.25) is 4.98 Å². The maximum Gasteiger partial charge on any atom is 0.322 e. The summed E-state index contributed by atoms with van der Waals surface area (Å²) in [6.45, 7) is 2.99. The van der Waals surface area contributed by atoms with Crippen LogP contribution in [-0.4, -0.2) is 42.7 Å². The number of pyridine rings is 1. The number of fused-ring (bicyclic) bond motifs is 1. The van der Waals surface area contributed by atoms with Gasteiger partial charge in [-0.2, -0.15) is 0 Å². The van der Waals surface area contributed by atoms with Gasteiger partial charge in [-0.05, 0) is 61.7 Å². The average Bonchev–Trinajstić information content (AvgIpc) is 2.93.